The summed E-state index contributed by atoms with van der Waals surface area (Å²) in [4.78, 5) is 29.1. The topological polar surface area (TPSA) is 61.9 Å². The molecule has 29 heavy (non-hydrogen) atoms. The molecule has 2 fully saturated rings. The van der Waals surface area contributed by atoms with Crippen molar-refractivity contribution in [3.8, 4) is 5.75 Å². The second kappa shape index (κ2) is 10.5. The number of carbonyl (C=O) groups excluding carboxylic acids is 2. The van der Waals surface area contributed by atoms with Crippen LogP contribution in [0.4, 0.5) is 0 Å². The van der Waals surface area contributed by atoms with Crippen molar-refractivity contribution in [2.75, 3.05) is 39.3 Å². The van der Waals surface area contributed by atoms with E-state index >= 15 is 0 Å². The molecule has 0 spiro atoms. The van der Waals surface area contributed by atoms with E-state index in [1.54, 1.807) is 25.1 Å². The van der Waals surface area contributed by atoms with Crippen LogP contribution >= 0.6 is 23.2 Å². The molecule has 8 heteroatoms. The average molecular weight is 442 g/mol. The van der Waals surface area contributed by atoms with Gasteiger partial charge in [-0.1, -0.05) is 42.1 Å². The molecule has 1 N–H and O–H groups in total. The Balaban J connectivity index is 1.35. The van der Waals surface area contributed by atoms with Crippen molar-refractivity contribution in [3.63, 3.8) is 0 Å². The van der Waals surface area contributed by atoms with Gasteiger partial charge < -0.3 is 15.0 Å². The minimum absolute atomic E-state index is 0.198. The quantitative estimate of drug-likeness (QED) is 0.705. The van der Waals surface area contributed by atoms with E-state index in [4.69, 9.17) is 27.9 Å². The first-order valence-corrected chi connectivity index (χ1v) is 11.1. The summed E-state index contributed by atoms with van der Waals surface area (Å²) in [5, 5.41) is 3.60. The molecule has 1 atom stereocenters. The summed E-state index contributed by atoms with van der Waals surface area (Å²) in [6.45, 7) is 6.21. The van der Waals surface area contributed by atoms with Crippen molar-refractivity contribution < 1.29 is 14.3 Å². The first-order chi connectivity index (χ1) is 14.0. The maximum absolute atomic E-state index is 12.5. The fourth-order valence-corrected chi connectivity index (χ4v) is 4.26. The molecule has 0 radical (unpaired) electrons. The molecular formula is C21H29Cl2N3O3. The van der Waals surface area contributed by atoms with E-state index in [0.717, 1.165) is 45.6 Å². The van der Waals surface area contributed by atoms with E-state index in [9.17, 15) is 9.59 Å². The van der Waals surface area contributed by atoms with Crippen LogP contribution < -0.4 is 10.1 Å². The fourth-order valence-electron chi connectivity index (χ4n) is 3.92. The van der Waals surface area contributed by atoms with Crippen LogP contribution in [0.5, 0.6) is 5.75 Å². The predicted molar refractivity (Wildman–Crippen MR) is 115 cm³/mol. The van der Waals surface area contributed by atoms with Crippen molar-refractivity contribution in [1.82, 2.24) is 15.1 Å². The summed E-state index contributed by atoms with van der Waals surface area (Å²) >= 11 is 12.1. The third-order valence-electron chi connectivity index (χ3n) is 5.70. The smallest absolute Gasteiger partial charge is 0.260 e. The molecule has 1 aromatic rings. The SMILES string of the molecule is CC(Oc1cccc(Cl)c1Cl)C(=O)NCCN1CCN(C(=O)C2CCCC2)CC1. The van der Waals surface area contributed by atoms with Gasteiger partial charge in [-0.25, -0.2) is 0 Å². The zero-order valence-electron chi connectivity index (χ0n) is 16.8. The number of rotatable bonds is 7. The lowest BCUT2D eigenvalue weighted by atomic mass is 10.1. The van der Waals surface area contributed by atoms with E-state index in [1.807, 2.05) is 4.90 Å². The summed E-state index contributed by atoms with van der Waals surface area (Å²) in [6.07, 6.45) is 3.79. The number of nitrogens with zero attached hydrogens (tertiary/aromatic N) is 2. The molecule has 2 aliphatic rings. The summed E-state index contributed by atoms with van der Waals surface area (Å²) in [6, 6.07) is 5.08. The fraction of sp³-hybridized carbons (Fsp3) is 0.619. The van der Waals surface area contributed by atoms with Crippen LogP contribution in [0.25, 0.3) is 0 Å². The Morgan fingerprint density at radius 3 is 2.55 bits per heavy atom. The third-order valence-corrected chi connectivity index (χ3v) is 6.51. The van der Waals surface area contributed by atoms with Crippen molar-refractivity contribution in [2.24, 2.45) is 5.92 Å². The van der Waals surface area contributed by atoms with Crippen LogP contribution in [-0.2, 0) is 9.59 Å². The zero-order valence-corrected chi connectivity index (χ0v) is 18.3. The Hall–Kier alpha value is -1.50. The van der Waals surface area contributed by atoms with Crippen LogP contribution in [0, 0.1) is 5.92 Å². The lowest BCUT2D eigenvalue weighted by molar-refractivity contribution is -0.137. The molecule has 0 bridgehead atoms. The van der Waals surface area contributed by atoms with Gasteiger partial charge in [-0.15, -0.1) is 0 Å². The number of ether oxygens (including phenoxy) is 1. The average Bonchev–Trinajstić information content (AvgIpc) is 3.26. The zero-order chi connectivity index (χ0) is 20.8. The van der Waals surface area contributed by atoms with E-state index < -0.39 is 6.10 Å². The second-order valence-electron chi connectivity index (χ2n) is 7.75. The lowest BCUT2D eigenvalue weighted by Crippen LogP contribution is -2.51. The maximum atomic E-state index is 12.5. The van der Waals surface area contributed by atoms with Gasteiger partial charge >= 0.3 is 0 Å². The number of benzene rings is 1. The molecule has 1 saturated carbocycles. The number of nitrogens with one attached hydrogen (secondary N) is 1. The monoisotopic (exact) mass is 441 g/mol. The molecule has 1 aliphatic heterocycles. The highest BCUT2D eigenvalue weighted by Crippen LogP contribution is 2.32. The summed E-state index contributed by atoms with van der Waals surface area (Å²) in [5.41, 5.74) is 0. The Morgan fingerprint density at radius 1 is 1.17 bits per heavy atom. The van der Waals surface area contributed by atoms with Gasteiger partial charge in [0.15, 0.2) is 6.10 Å². The van der Waals surface area contributed by atoms with Gasteiger partial charge in [-0.3, -0.25) is 14.5 Å². The summed E-state index contributed by atoms with van der Waals surface area (Å²) < 4.78 is 5.63. The third kappa shape index (κ3) is 6.00. The highest BCUT2D eigenvalue weighted by atomic mass is 35.5. The van der Waals surface area contributed by atoms with Gasteiger partial charge in [-0.2, -0.15) is 0 Å². The molecule has 1 aromatic carbocycles. The van der Waals surface area contributed by atoms with Gasteiger partial charge in [0, 0.05) is 45.2 Å². The summed E-state index contributed by atoms with van der Waals surface area (Å²) in [5.74, 6) is 0.775. The van der Waals surface area contributed by atoms with Gasteiger partial charge in [0.05, 0.1) is 5.02 Å². The minimum Gasteiger partial charge on any atom is -0.479 e. The van der Waals surface area contributed by atoms with E-state index in [1.165, 1.54) is 12.8 Å². The van der Waals surface area contributed by atoms with Gasteiger partial charge in [-0.05, 0) is 31.9 Å². The molecule has 3 rings (SSSR count). The van der Waals surface area contributed by atoms with Crippen molar-refractivity contribution >= 4 is 35.0 Å². The standard InChI is InChI=1S/C21H29Cl2N3O3/c1-15(29-18-8-4-7-17(22)19(18)23)20(27)24-9-10-25-11-13-26(14-12-25)21(28)16-5-2-3-6-16/h4,7-8,15-16H,2-3,5-6,9-14H2,1H3,(H,24,27). The van der Waals surface area contributed by atoms with Crippen LogP contribution in [0.3, 0.4) is 0 Å². The van der Waals surface area contributed by atoms with Crippen LogP contribution in [0.15, 0.2) is 18.2 Å². The highest BCUT2D eigenvalue weighted by Gasteiger charge is 2.29. The number of piperazine rings is 1. The molecule has 1 aliphatic carbocycles. The molecule has 0 aromatic heterocycles. The lowest BCUT2D eigenvalue weighted by Gasteiger charge is -2.36. The first kappa shape index (κ1) is 22.2. The Labute approximate surface area is 182 Å². The van der Waals surface area contributed by atoms with Crippen LogP contribution in [0.2, 0.25) is 10.0 Å². The van der Waals surface area contributed by atoms with Gasteiger partial charge in [0.1, 0.15) is 10.8 Å². The van der Waals surface area contributed by atoms with Gasteiger partial charge in [0.25, 0.3) is 5.91 Å². The van der Waals surface area contributed by atoms with Crippen LogP contribution in [-0.4, -0.2) is 67.0 Å². The van der Waals surface area contributed by atoms with Gasteiger partial charge in [0.2, 0.25) is 5.91 Å². The largest absolute Gasteiger partial charge is 0.479 e. The molecular weight excluding hydrogens is 413 g/mol. The normalized spacial score (nSPS) is 19.2. The first-order valence-electron chi connectivity index (χ1n) is 10.3. The molecule has 1 unspecified atom stereocenters. The van der Waals surface area contributed by atoms with E-state index in [0.29, 0.717) is 28.2 Å². The van der Waals surface area contributed by atoms with E-state index in [-0.39, 0.29) is 11.8 Å². The predicted octanol–water partition coefficient (Wildman–Crippen LogP) is 3.21. The second-order valence-corrected chi connectivity index (χ2v) is 8.54. The molecule has 160 valence electrons. The number of hydrogen-bond donors (Lipinski definition) is 1. The van der Waals surface area contributed by atoms with E-state index in [2.05, 4.69) is 10.2 Å². The maximum Gasteiger partial charge on any atom is 0.260 e. The number of halogens is 2. The highest BCUT2D eigenvalue weighted by molar-refractivity contribution is 6.42. The molecule has 6 nitrogen and oxygen atoms in total. The Morgan fingerprint density at radius 2 is 1.86 bits per heavy atom. The van der Waals surface area contributed by atoms with Crippen LogP contribution in [0.1, 0.15) is 32.6 Å². The molecule has 2 amide bonds. The number of amides is 2. The number of hydrogen-bond acceptors (Lipinski definition) is 4. The minimum atomic E-state index is -0.674. The summed E-state index contributed by atoms with van der Waals surface area (Å²) in [7, 11) is 0. The molecule has 1 saturated heterocycles. The Bertz CT molecular complexity index is 717. The van der Waals surface area contributed by atoms with Crippen molar-refractivity contribution in [1.29, 1.82) is 0 Å². The number of carbonyl (C=O) groups is 2. The molecule has 1 heterocycles. The van der Waals surface area contributed by atoms with Crippen molar-refractivity contribution in [2.45, 2.75) is 38.7 Å². The van der Waals surface area contributed by atoms with Crippen molar-refractivity contribution in [3.05, 3.63) is 28.2 Å². The Kier molecular flexibility index (Phi) is 8.04.